The van der Waals surface area contributed by atoms with Crippen LogP contribution in [0.1, 0.15) is 29.8 Å². The van der Waals surface area contributed by atoms with Crippen LogP contribution in [0, 0.1) is 0 Å². The summed E-state index contributed by atoms with van der Waals surface area (Å²) in [5, 5.41) is 9.96. The molecule has 2 rings (SSSR count). The van der Waals surface area contributed by atoms with E-state index in [0.717, 1.165) is 10.4 Å². The molecule has 0 saturated carbocycles. The normalized spacial score (nSPS) is 12.8. The highest BCUT2D eigenvalue weighted by molar-refractivity contribution is 7.89. The van der Waals surface area contributed by atoms with Gasteiger partial charge in [0.1, 0.15) is 0 Å². The Labute approximate surface area is 134 Å². The number of rotatable bonds is 6. The molecule has 22 heavy (non-hydrogen) atoms. The topological polar surface area (TPSA) is 89.3 Å². The fourth-order valence-corrected chi connectivity index (χ4v) is 3.28. The van der Waals surface area contributed by atoms with Crippen LogP contribution in [0.3, 0.4) is 0 Å². The third-order valence-electron chi connectivity index (χ3n) is 3.24. The van der Waals surface area contributed by atoms with Crippen molar-refractivity contribution >= 4 is 27.3 Å². The van der Waals surface area contributed by atoms with Crippen molar-refractivity contribution in [1.82, 2.24) is 5.32 Å². The quantitative estimate of drug-likeness (QED) is 0.846. The number of sulfonamides is 1. The van der Waals surface area contributed by atoms with Gasteiger partial charge in [0.05, 0.1) is 10.9 Å². The third-order valence-corrected chi connectivity index (χ3v) is 5.22. The maximum Gasteiger partial charge on any atom is 0.238 e. The lowest BCUT2D eigenvalue weighted by molar-refractivity contribution is -0.121. The summed E-state index contributed by atoms with van der Waals surface area (Å²) >= 11 is 1.61. The SMILES string of the molecule is C[C@@H](NC(=O)CCc1ccc(S(N)(=O)=O)cc1)c1cccs1. The van der Waals surface area contributed by atoms with E-state index in [9.17, 15) is 13.2 Å². The van der Waals surface area contributed by atoms with Crippen molar-refractivity contribution in [2.24, 2.45) is 5.14 Å². The number of primary sulfonamides is 1. The van der Waals surface area contributed by atoms with E-state index in [2.05, 4.69) is 5.32 Å². The molecule has 1 aromatic heterocycles. The molecule has 118 valence electrons. The number of carbonyl (C=O) groups is 1. The zero-order valence-electron chi connectivity index (χ0n) is 12.2. The van der Waals surface area contributed by atoms with Crippen LogP contribution in [0.25, 0.3) is 0 Å². The van der Waals surface area contributed by atoms with E-state index in [1.54, 1.807) is 23.5 Å². The van der Waals surface area contributed by atoms with E-state index in [-0.39, 0.29) is 16.8 Å². The summed E-state index contributed by atoms with van der Waals surface area (Å²) in [7, 11) is -3.67. The predicted molar refractivity (Wildman–Crippen MR) is 87.0 cm³/mol. The van der Waals surface area contributed by atoms with E-state index in [4.69, 9.17) is 5.14 Å². The van der Waals surface area contributed by atoms with Gasteiger partial charge in [-0.15, -0.1) is 11.3 Å². The van der Waals surface area contributed by atoms with Crippen LogP contribution >= 0.6 is 11.3 Å². The molecule has 0 aliphatic carbocycles. The molecule has 0 aliphatic heterocycles. The van der Waals surface area contributed by atoms with Crippen molar-refractivity contribution in [1.29, 1.82) is 0 Å². The molecule has 2 aromatic rings. The van der Waals surface area contributed by atoms with Gasteiger partial charge in [0.25, 0.3) is 0 Å². The number of nitrogens with one attached hydrogen (secondary N) is 1. The molecule has 3 N–H and O–H groups in total. The van der Waals surface area contributed by atoms with Gasteiger partial charge in [-0.3, -0.25) is 4.79 Å². The van der Waals surface area contributed by atoms with Crippen molar-refractivity contribution in [2.75, 3.05) is 0 Å². The van der Waals surface area contributed by atoms with E-state index in [0.29, 0.717) is 12.8 Å². The second-order valence-electron chi connectivity index (χ2n) is 4.99. The summed E-state index contributed by atoms with van der Waals surface area (Å²) in [6.45, 7) is 1.95. The highest BCUT2D eigenvalue weighted by Gasteiger charge is 2.11. The van der Waals surface area contributed by atoms with Crippen LogP contribution in [-0.4, -0.2) is 14.3 Å². The lowest BCUT2D eigenvalue weighted by Crippen LogP contribution is -2.26. The Kier molecular flexibility index (Phi) is 5.33. The molecular formula is C15H18N2O3S2. The fraction of sp³-hybridized carbons (Fsp3) is 0.267. The number of hydrogen-bond acceptors (Lipinski definition) is 4. The van der Waals surface area contributed by atoms with Crippen molar-refractivity contribution in [3.8, 4) is 0 Å². The first-order valence-corrected chi connectivity index (χ1v) is 9.23. The molecule has 0 unspecified atom stereocenters. The molecule has 1 aromatic carbocycles. The predicted octanol–water partition coefficient (Wildman–Crippen LogP) is 2.21. The van der Waals surface area contributed by atoms with Gasteiger partial charge in [-0.2, -0.15) is 0 Å². The van der Waals surface area contributed by atoms with Crippen LogP contribution in [0.5, 0.6) is 0 Å². The van der Waals surface area contributed by atoms with Crippen molar-refractivity contribution in [3.05, 3.63) is 52.2 Å². The van der Waals surface area contributed by atoms with Crippen LogP contribution in [-0.2, 0) is 21.2 Å². The number of nitrogens with two attached hydrogens (primary N) is 1. The second-order valence-corrected chi connectivity index (χ2v) is 7.53. The smallest absolute Gasteiger partial charge is 0.238 e. The van der Waals surface area contributed by atoms with Crippen molar-refractivity contribution < 1.29 is 13.2 Å². The van der Waals surface area contributed by atoms with Gasteiger partial charge in [0.15, 0.2) is 0 Å². The molecule has 0 fully saturated rings. The zero-order valence-corrected chi connectivity index (χ0v) is 13.8. The zero-order chi connectivity index (χ0) is 16.2. The monoisotopic (exact) mass is 338 g/mol. The Hall–Kier alpha value is -1.70. The number of thiophene rings is 1. The molecule has 1 heterocycles. The summed E-state index contributed by atoms with van der Waals surface area (Å²) < 4.78 is 22.3. The summed E-state index contributed by atoms with van der Waals surface area (Å²) in [5.74, 6) is -0.0311. The average Bonchev–Trinajstić information content (AvgIpc) is 2.99. The van der Waals surface area contributed by atoms with E-state index < -0.39 is 10.0 Å². The Balaban J connectivity index is 1.86. The lowest BCUT2D eigenvalue weighted by atomic mass is 10.1. The van der Waals surface area contributed by atoms with E-state index in [1.165, 1.54) is 12.1 Å². The Bertz CT molecular complexity index is 723. The van der Waals surface area contributed by atoms with Gasteiger partial charge in [-0.25, -0.2) is 13.6 Å². The van der Waals surface area contributed by atoms with Gasteiger partial charge >= 0.3 is 0 Å². The van der Waals surface area contributed by atoms with Crippen LogP contribution in [0.2, 0.25) is 0 Å². The maximum absolute atomic E-state index is 11.9. The summed E-state index contributed by atoms with van der Waals surface area (Å²) in [6, 6.07) is 10.2. The van der Waals surface area contributed by atoms with Gasteiger partial charge < -0.3 is 5.32 Å². The molecule has 1 amide bonds. The maximum atomic E-state index is 11.9. The number of hydrogen-bond donors (Lipinski definition) is 2. The second kappa shape index (κ2) is 7.04. The van der Waals surface area contributed by atoms with Crippen LogP contribution in [0.4, 0.5) is 0 Å². The Morgan fingerprint density at radius 1 is 1.27 bits per heavy atom. The minimum atomic E-state index is -3.67. The lowest BCUT2D eigenvalue weighted by Gasteiger charge is -2.12. The number of carbonyl (C=O) groups excluding carboxylic acids is 1. The first kappa shape index (κ1) is 16.7. The number of amides is 1. The average molecular weight is 338 g/mol. The molecule has 7 heteroatoms. The highest BCUT2D eigenvalue weighted by atomic mass is 32.2. The molecule has 0 radical (unpaired) electrons. The van der Waals surface area contributed by atoms with Gasteiger partial charge in [0.2, 0.25) is 15.9 Å². The summed E-state index contributed by atoms with van der Waals surface area (Å²) in [4.78, 5) is 13.1. The van der Waals surface area contributed by atoms with Crippen molar-refractivity contribution in [3.63, 3.8) is 0 Å². The minimum absolute atomic E-state index is 0.00254. The van der Waals surface area contributed by atoms with E-state index >= 15 is 0 Å². The third kappa shape index (κ3) is 4.66. The van der Waals surface area contributed by atoms with Gasteiger partial charge in [-0.05, 0) is 42.5 Å². The molecule has 0 aliphatic rings. The number of aryl methyl sites for hydroxylation is 1. The summed E-state index contributed by atoms with van der Waals surface area (Å²) in [5.41, 5.74) is 0.895. The van der Waals surface area contributed by atoms with Crippen LogP contribution < -0.4 is 10.5 Å². The molecule has 1 atom stereocenters. The molecule has 5 nitrogen and oxygen atoms in total. The Morgan fingerprint density at radius 2 is 1.95 bits per heavy atom. The molecule has 0 saturated heterocycles. The van der Waals surface area contributed by atoms with Crippen LogP contribution in [0.15, 0.2) is 46.7 Å². The molecule has 0 bridgehead atoms. The first-order chi connectivity index (χ1) is 10.4. The summed E-state index contributed by atoms with van der Waals surface area (Å²) in [6.07, 6.45) is 0.901. The Morgan fingerprint density at radius 3 is 2.50 bits per heavy atom. The fourth-order valence-electron chi connectivity index (χ4n) is 2.03. The van der Waals surface area contributed by atoms with Gasteiger partial charge in [-0.1, -0.05) is 18.2 Å². The highest BCUT2D eigenvalue weighted by Crippen LogP contribution is 2.18. The molecular weight excluding hydrogens is 320 g/mol. The molecule has 0 spiro atoms. The van der Waals surface area contributed by atoms with Crippen molar-refractivity contribution in [2.45, 2.75) is 30.7 Å². The van der Waals surface area contributed by atoms with Gasteiger partial charge in [0, 0.05) is 11.3 Å². The first-order valence-electron chi connectivity index (χ1n) is 6.81. The minimum Gasteiger partial charge on any atom is -0.349 e. The van der Waals surface area contributed by atoms with E-state index in [1.807, 2.05) is 24.4 Å². The number of benzene rings is 1. The standard InChI is InChI=1S/C15H18N2O3S2/c1-11(14-3-2-10-21-14)17-15(18)9-6-12-4-7-13(8-5-12)22(16,19)20/h2-5,7-8,10-11H,6,9H2,1H3,(H,17,18)(H2,16,19,20)/t11-/m1/s1. The largest absolute Gasteiger partial charge is 0.349 e.